The average Bonchev–Trinajstić information content (AvgIpc) is 2.93. The molecule has 0 spiro atoms. The second kappa shape index (κ2) is 5.34. The summed E-state index contributed by atoms with van der Waals surface area (Å²) in [7, 11) is 0. The number of carboxylic acid groups (broad SMARTS) is 1. The van der Waals surface area contributed by atoms with E-state index in [0.717, 1.165) is 11.3 Å². The molecular formula is C14H14FNO4S. The van der Waals surface area contributed by atoms with Crippen molar-refractivity contribution >= 4 is 27.4 Å². The van der Waals surface area contributed by atoms with E-state index < -0.39 is 24.0 Å². The number of halogens is 1. The molecule has 3 N–H and O–H groups in total. The summed E-state index contributed by atoms with van der Waals surface area (Å²) in [6, 6.07) is 4.54. The number of aliphatic hydroxyl groups is 2. The summed E-state index contributed by atoms with van der Waals surface area (Å²) in [5, 5.41) is 28.7. The molecule has 21 heavy (non-hydrogen) atoms. The van der Waals surface area contributed by atoms with Gasteiger partial charge in [-0.1, -0.05) is 6.07 Å². The van der Waals surface area contributed by atoms with E-state index in [1.165, 1.54) is 6.07 Å². The molecule has 2 aromatic rings. The number of fused-ring (bicyclic) bond motifs is 1. The Balaban J connectivity index is 2.04. The Morgan fingerprint density at radius 3 is 2.62 bits per heavy atom. The van der Waals surface area contributed by atoms with Gasteiger partial charge in [-0.3, -0.25) is 4.90 Å². The molecule has 0 aliphatic carbocycles. The average molecular weight is 311 g/mol. The van der Waals surface area contributed by atoms with Gasteiger partial charge in [0.05, 0.1) is 12.2 Å². The highest BCUT2D eigenvalue weighted by Crippen LogP contribution is 2.34. The van der Waals surface area contributed by atoms with Crippen molar-refractivity contribution in [2.45, 2.75) is 18.8 Å². The predicted octanol–water partition coefficient (Wildman–Crippen LogP) is 1.28. The van der Waals surface area contributed by atoms with Gasteiger partial charge in [-0.25, -0.2) is 9.18 Å². The zero-order valence-corrected chi connectivity index (χ0v) is 11.8. The second-order valence-corrected chi connectivity index (χ2v) is 6.21. The van der Waals surface area contributed by atoms with Gasteiger partial charge >= 0.3 is 5.97 Å². The first kappa shape index (κ1) is 14.4. The Morgan fingerprint density at radius 1 is 1.33 bits per heavy atom. The number of nitrogens with zero attached hydrogens (tertiary/aromatic N) is 1. The number of thiophene rings is 1. The normalized spacial score (nSPS) is 23.0. The van der Waals surface area contributed by atoms with Crippen molar-refractivity contribution < 1.29 is 24.5 Å². The summed E-state index contributed by atoms with van der Waals surface area (Å²) in [5.41, 5.74) is 0.405. The van der Waals surface area contributed by atoms with Crippen LogP contribution in [-0.4, -0.2) is 51.5 Å². The lowest BCUT2D eigenvalue weighted by atomic mass is 10.1. The van der Waals surface area contributed by atoms with Crippen LogP contribution in [0.1, 0.15) is 15.2 Å². The molecule has 2 unspecified atom stereocenters. The maximum atomic E-state index is 14.0. The number of hydrogen-bond donors (Lipinski definition) is 3. The minimum atomic E-state index is -1.09. The summed E-state index contributed by atoms with van der Waals surface area (Å²) in [5.74, 6) is -1.54. The van der Waals surface area contributed by atoms with Crippen LogP contribution in [0.2, 0.25) is 0 Å². The Kier molecular flexibility index (Phi) is 3.66. The van der Waals surface area contributed by atoms with Gasteiger partial charge in [0.1, 0.15) is 10.7 Å². The van der Waals surface area contributed by atoms with Crippen LogP contribution in [0, 0.1) is 5.82 Å². The number of likely N-dealkylation sites (tertiary alicyclic amines) is 1. The molecule has 1 fully saturated rings. The molecule has 1 aliphatic rings. The Morgan fingerprint density at radius 2 is 2.00 bits per heavy atom. The van der Waals surface area contributed by atoms with Crippen LogP contribution in [0.15, 0.2) is 18.2 Å². The summed E-state index contributed by atoms with van der Waals surface area (Å²) in [6.45, 7) is 0.675. The number of benzene rings is 1. The third kappa shape index (κ3) is 2.53. The summed E-state index contributed by atoms with van der Waals surface area (Å²) >= 11 is 1.04. The predicted molar refractivity (Wildman–Crippen MR) is 76.0 cm³/mol. The van der Waals surface area contributed by atoms with E-state index >= 15 is 0 Å². The summed E-state index contributed by atoms with van der Waals surface area (Å²) in [4.78, 5) is 13.2. The molecule has 2 heterocycles. The number of aromatic carboxylic acids is 1. The highest BCUT2D eigenvalue weighted by molar-refractivity contribution is 7.21. The zero-order chi connectivity index (χ0) is 15.1. The number of β-amino-alcohol motifs (C(OH)–C–C–N with tert-alkyl or cyclic N) is 2. The van der Waals surface area contributed by atoms with Crippen molar-refractivity contribution in [3.8, 4) is 0 Å². The molecule has 1 saturated heterocycles. The lowest BCUT2D eigenvalue weighted by Gasteiger charge is -2.15. The molecule has 1 aromatic carbocycles. The lowest BCUT2D eigenvalue weighted by molar-refractivity contribution is 0.0572. The van der Waals surface area contributed by atoms with Gasteiger partial charge in [-0.2, -0.15) is 0 Å². The molecular weight excluding hydrogens is 297 g/mol. The Bertz CT molecular complexity index is 692. The van der Waals surface area contributed by atoms with Gasteiger partial charge in [0.2, 0.25) is 0 Å². The molecule has 0 saturated carbocycles. The molecule has 2 atom stereocenters. The SMILES string of the molecule is O=C(O)c1sc2cccc(F)c2c1CN1CC(O)C(O)C1. The molecule has 1 aliphatic heterocycles. The fourth-order valence-corrected chi connectivity index (χ4v) is 3.76. The molecule has 0 radical (unpaired) electrons. The molecule has 112 valence electrons. The van der Waals surface area contributed by atoms with E-state index in [2.05, 4.69) is 0 Å². The first-order chi connectivity index (χ1) is 9.97. The molecule has 1 aromatic heterocycles. The molecule has 0 bridgehead atoms. The molecule has 5 nitrogen and oxygen atoms in total. The number of hydrogen-bond acceptors (Lipinski definition) is 5. The number of aliphatic hydroxyl groups excluding tert-OH is 2. The largest absolute Gasteiger partial charge is 0.477 e. The number of carbonyl (C=O) groups is 1. The van der Waals surface area contributed by atoms with E-state index in [9.17, 15) is 24.5 Å². The first-order valence-corrected chi connectivity index (χ1v) is 7.30. The van der Waals surface area contributed by atoms with Crippen molar-refractivity contribution in [2.75, 3.05) is 13.1 Å². The van der Waals surface area contributed by atoms with Crippen LogP contribution in [0.4, 0.5) is 4.39 Å². The van der Waals surface area contributed by atoms with Crippen LogP contribution in [0.5, 0.6) is 0 Å². The van der Waals surface area contributed by atoms with Crippen molar-refractivity contribution in [2.24, 2.45) is 0 Å². The first-order valence-electron chi connectivity index (χ1n) is 6.49. The number of carboxylic acids is 1. The van der Waals surface area contributed by atoms with E-state index in [1.807, 2.05) is 0 Å². The van der Waals surface area contributed by atoms with Crippen molar-refractivity contribution in [1.82, 2.24) is 4.90 Å². The van der Waals surface area contributed by atoms with Crippen LogP contribution >= 0.6 is 11.3 Å². The van der Waals surface area contributed by atoms with Crippen LogP contribution < -0.4 is 0 Å². The van der Waals surface area contributed by atoms with Gasteiger partial charge in [0.25, 0.3) is 0 Å². The number of rotatable bonds is 3. The van der Waals surface area contributed by atoms with Crippen molar-refractivity contribution in [3.05, 3.63) is 34.5 Å². The standard InChI is InChI=1S/C14H14FNO4S/c15-8-2-1-3-11-12(8)7(13(21-11)14(19)20)4-16-5-9(17)10(18)6-16/h1-3,9-10,17-18H,4-6H2,(H,19,20). The minimum absolute atomic E-state index is 0.103. The summed E-state index contributed by atoms with van der Waals surface area (Å²) < 4.78 is 14.6. The van der Waals surface area contributed by atoms with E-state index in [-0.39, 0.29) is 24.5 Å². The van der Waals surface area contributed by atoms with Crippen LogP contribution in [-0.2, 0) is 6.54 Å². The molecule has 3 rings (SSSR count). The fourth-order valence-electron chi connectivity index (χ4n) is 2.69. The van der Waals surface area contributed by atoms with Crippen LogP contribution in [0.3, 0.4) is 0 Å². The monoisotopic (exact) mass is 311 g/mol. The third-order valence-corrected chi connectivity index (χ3v) is 4.86. The van der Waals surface area contributed by atoms with E-state index in [4.69, 9.17) is 0 Å². The van der Waals surface area contributed by atoms with Crippen LogP contribution in [0.25, 0.3) is 10.1 Å². The topological polar surface area (TPSA) is 81.0 Å². The maximum absolute atomic E-state index is 14.0. The Labute approximate surface area is 123 Å². The Hall–Kier alpha value is -1.54. The van der Waals surface area contributed by atoms with Gasteiger partial charge < -0.3 is 15.3 Å². The molecule has 7 heteroatoms. The zero-order valence-electron chi connectivity index (χ0n) is 11.0. The quantitative estimate of drug-likeness (QED) is 0.795. The minimum Gasteiger partial charge on any atom is -0.477 e. The lowest BCUT2D eigenvalue weighted by Crippen LogP contribution is -2.22. The van der Waals surface area contributed by atoms with Gasteiger partial charge in [-0.05, 0) is 12.1 Å². The van der Waals surface area contributed by atoms with E-state index in [1.54, 1.807) is 17.0 Å². The van der Waals surface area contributed by atoms with Crippen molar-refractivity contribution in [1.29, 1.82) is 0 Å². The van der Waals surface area contributed by atoms with Crippen molar-refractivity contribution in [3.63, 3.8) is 0 Å². The summed E-state index contributed by atoms with van der Waals surface area (Å²) in [6.07, 6.45) is -1.71. The smallest absolute Gasteiger partial charge is 0.346 e. The maximum Gasteiger partial charge on any atom is 0.346 e. The van der Waals surface area contributed by atoms with Gasteiger partial charge in [-0.15, -0.1) is 11.3 Å². The molecule has 0 amide bonds. The third-order valence-electron chi connectivity index (χ3n) is 3.67. The highest BCUT2D eigenvalue weighted by Gasteiger charge is 2.31. The highest BCUT2D eigenvalue weighted by atomic mass is 32.1. The second-order valence-electron chi connectivity index (χ2n) is 5.16. The van der Waals surface area contributed by atoms with E-state index in [0.29, 0.717) is 15.6 Å². The van der Waals surface area contributed by atoms with Gasteiger partial charge in [0.15, 0.2) is 0 Å². The fraction of sp³-hybridized carbons (Fsp3) is 0.357. The van der Waals surface area contributed by atoms with Gasteiger partial charge in [0, 0.05) is 35.3 Å².